The molecule has 2 rings (SSSR count). The molecule has 4 atom stereocenters. The molecule has 1 aliphatic rings. The van der Waals surface area contributed by atoms with Crippen molar-refractivity contribution >= 4 is 17.7 Å². The van der Waals surface area contributed by atoms with E-state index in [1.807, 2.05) is 0 Å². The summed E-state index contributed by atoms with van der Waals surface area (Å²) in [6, 6.07) is 4.20. The molecule has 8 heteroatoms. The van der Waals surface area contributed by atoms with Gasteiger partial charge >= 0.3 is 11.9 Å². The predicted octanol–water partition coefficient (Wildman–Crippen LogP) is 0.787. The number of phenolic OH excluding ortho intramolecular Hbond substituents is 1. The van der Waals surface area contributed by atoms with Crippen LogP contribution >= 0.6 is 0 Å². The van der Waals surface area contributed by atoms with E-state index in [0.29, 0.717) is 5.56 Å². The van der Waals surface area contributed by atoms with Crippen LogP contribution in [0.5, 0.6) is 11.5 Å². The van der Waals surface area contributed by atoms with Gasteiger partial charge in [-0.25, -0.2) is 0 Å². The maximum absolute atomic E-state index is 12.6. The van der Waals surface area contributed by atoms with Crippen LogP contribution < -0.4 is 4.74 Å². The van der Waals surface area contributed by atoms with E-state index < -0.39 is 47.5 Å². The van der Waals surface area contributed by atoms with E-state index in [1.165, 1.54) is 32.2 Å². The molecule has 0 aromatic heterocycles. The number of rotatable bonds is 4. The maximum atomic E-state index is 12.6. The van der Waals surface area contributed by atoms with Crippen molar-refractivity contribution in [2.45, 2.75) is 24.9 Å². The van der Waals surface area contributed by atoms with E-state index in [2.05, 4.69) is 0 Å². The number of ketones is 1. The van der Waals surface area contributed by atoms with E-state index in [1.54, 1.807) is 0 Å². The van der Waals surface area contributed by atoms with Crippen LogP contribution in [-0.4, -0.2) is 54.9 Å². The average Bonchev–Trinajstić information content (AvgIpc) is 2.59. The van der Waals surface area contributed by atoms with Gasteiger partial charge in [0.1, 0.15) is 5.92 Å². The van der Waals surface area contributed by atoms with Gasteiger partial charge in [0.15, 0.2) is 17.3 Å². The maximum Gasteiger partial charge on any atom is 0.316 e. The van der Waals surface area contributed by atoms with Gasteiger partial charge in [0.25, 0.3) is 0 Å². The van der Waals surface area contributed by atoms with Gasteiger partial charge in [-0.3, -0.25) is 14.4 Å². The number of carbonyl (C=O) groups is 3. The summed E-state index contributed by atoms with van der Waals surface area (Å²) in [5, 5.41) is 20.5. The molecule has 8 nitrogen and oxygen atoms in total. The standard InChI is InChI=1S/C18H22O8/c1-18(23)8-11(20)14(16(21)25-3)13(15(18)17(22)26-4)9-5-6-10(19)12(7-9)24-2/h5-7,13-15,19,23H,8H2,1-4H3/t13-,14-,15-,18-/m0/s1. The van der Waals surface area contributed by atoms with Crippen LogP contribution in [0.25, 0.3) is 0 Å². The van der Waals surface area contributed by atoms with E-state index in [9.17, 15) is 24.6 Å². The first-order valence-corrected chi connectivity index (χ1v) is 7.95. The van der Waals surface area contributed by atoms with E-state index in [0.717, 1.165) is 14.2 Å². The highest BCUT2D eigenvalue weighted by Gasteiger charge is 2.57. The number of aliphatic hydroxyl groups is 1. The first-order valence-electron chi connectivity index (χ1n) is 7.95. The molecule has 0 spiro atoms. The molecule has 1 aromatic rings. The second-order valence-corrected chi connectivity index (χ2v) is 6.46. The van der Waals surface area contributed by atoms with Crippen LogP contribution in [0.2, 0.25) is 0 Å². The minimum atomic E-state index is -1.72. The second kappa shape index (κ2) is 7.33. The Morgan fingerprint density at radius 2 is 1.77 bits per heavy atom. The lowest BCUT2D eigenvalue weighted by Crippen LogP contribution is -2.55. The molecule has 142 valence electrons. The van der Waals surface area contributed by atoms with E-state index >= 15 is 0 Å². The number of aromatic hydroxyl groups is 1. The predicted molar refractivity (Wildman–Crippen MR) is 88.7 cm³/mol. The van der Waals surface area contributed by atoms with Crippen molar-refractivity contribution in [1.82, 2.24) is 0 Å². The lowest BCUT2D eigenvalue weighted by atomic mass is 9.61. The number of benzene rings is 1. The topological polar surface area (TPSA) is 119 Å². The number of esters is 2. The normalized spacial score (nSPS) is 28.3. The zero-order valence-corrected chi connectivity index (χ0v) is 15.0. The number of Topliss-reactive ketones (excluding diaryl/α,β-unsaturated/α-hetero) is 1. The van der Waals surface area contributed by atoms with Crippen molar-refractivity contribution in [3.63, 3.8) is 0 Å². The summed E-state index contributed by atoms with van der Waals surface area (Å²) < 4.78 is 14.6. The lowest BCUT2D eigenvalue weighted by Gasteiger charge is -2.43. The molecular formula is C18H22O8. The van der Waals surface area contributed by atoms with Gasteiger partial charge in [-0.1, -0.05) is 6.07 Å². The SMILES string of the molecule is COC(=O)[C@H]1C(=O)C[C@](C)(O)[C@H](C(=O)OC)[C@H]1c1ccc(O)c(OC)c1. The van der Waals surface area contributed by atoms with Crippen molar-refractivity contribution in [3.05, 3.63) is 23.8 Å². The molecule has 1 fully saturated rings. The Morgan fingerprint density at radius 3 is 2.31 bits per heavy atom. The van der Waals surface area contributed by atoms with Crippen LogP contribution in [0.3, 0.4) is 0 Å². The summed E-state index contributed by atoms with van der Waals surface area (Å²) in [6.07, 6.45) is -0.391. The summed E-state index contributed by atoms with van der Waals surface area (Å²) in [5.74, 6) is -5.67. The summed E-state index contributed by atoms with van der Waals surface area (Å²) in [5.41, 5.74) is -1.36. The molecule has 0 unspecified atom stereocenters. The van der Waals surface area contributed by atoms with Gasteiger partial charge < -0.3 is 24.4 Å². The van der Waals surface area contributed by atoms with Crippen LogP contribution in [-0.2, 0) is 23.9 Å². The molecule has 0 aliphatic heterocycles. The first kappa shape index (κ1) is 19.7. The van der Waals surface area contributed by atoms with Gasteiger partial charge in [-0.05, 0) is 24.6 Å². The van der Waals surface area contributed by atoms with E-state index in [4.69, 9.17) is 14.2 Å². The fraction of sp³-hybridized carbons (Fsp3) is 0.500. The van der Waals surface area contributed by atoms with Gasteiger partial charge in [0.05, 0.1) is 32.8 Å². The third-order valence-electron chi connectivity index (χ3n) is 4.77. The van der Waals surface area contributed by atoms with Crippen LogP contribution in [0.15, 0.2) is 18.2 Å². The summed E-state index contributed by atoms with van der Waals surface area (Å²) >= 11 is 0. The fourth-order valence-corrected chi connectivity index (χ4v) is 3.57. The average molecular weight is 366 g/mol. The summed E-state index contributed by atoms with van der Waals surface area (Å²) in [7, 11) is 3.65. The quantitative estimate of drug-likeness (QED) is 0.593. The van der Waals surface area contributed by atoms with Gasteiger partial charge in [0.2, 0.25) is 0 Å². The molecule has 0 amide bonds. The summed E-state index contributed by atoms with van der Waals surface area (Å²) in [4.78, 5) is 37.3. The van der Waals surface area contributed by atoms with Crippen LogP contribution in [0.4, 0.5) is 0 Å². The summed E-state index contributed by atoms with van der Waals surface area (Å²) in [6.45, 7) is 1.35. The Bertz CT molecular complexity index is 724. The zero-order valence-electron chi connectivity index (χ0n) is 15.0. The van der Waals surface area contributed by atoms with Crippen molar-refractivity contribution in [2.24, 2.45) is 11.8 Å². The van der Waals surface area contributed by atoms with Crippen LogP contribution in [0, 0.1) is 11.8 Å². The molecule has 1 aliphatic carbocycles. The number of carbonyl (C=O) groups excluding carboxylic acids is 3. The molecule has 1 saturated carbocycles. The highest BCUT2D eigenvalue weighted by atomic mass is 16.5. The van der Waals surface area contributed by atoms with E-state index in [-0.39, 0.29) is 11.5 Å². The van der Waals surface area contributed by atoms with Crippen molar-refractivity contribution < 1.29 is 38.8 Å². The number of ether oxygens (including phenoxy) is 3. The highest BCUT2D eigenvalue weighted by Crippen LogP contribution is 2.47. The molecule has 0 radical (unpaired) electrons. The monoisotopic (exact) mass is 366 g/mol. The van der Waals surface area contributed by atoms with Crippen LogP contribution in [0.1, 0.15) is 24.8 Å². The van der Waals surface area contributed by atoms with Crippen molar-refractivity contribution in [1.29, 1.82) is 0 Å². The fourth-order valence-electron chi connectivity index (χ4n) is 3.57. The van der Waals surface area contributed by atoms with Gasteiger partial charge in [-0.15, -0.1) is 0 Å². The molecule has 0 saturated heterocycles. The zero-order chi connectivity index (χ0) is 19.6. The number of methoxy groups -OCH3 is 3. The lowest BCUT2D eigenvalue weighted by molar-refractivity contribution is -0.170. The minimum absolute atomic E-state index is 0.104. The number of hydrogen-bond donors (Lipinski definition) is 2. The van der Waals surface area contributed by atoms with Gasteiger partial charge in [-0.2, -0.15) is 0 Å². The molecule has 0 heterocycles. The Kier molecular flexibility index (Phi) is 5.56. The molecule has 2 N–H and O–H groups in total. The Hall–Kier alpha value is -2.61. The Morgan fingerprint density at radius 1 is 1.15 bits per heavy atom. The molecule has 26 heavy (non-hydrogen) atoms. The van der Waals surface area contributed by atoms with Gasteiger partial charge in [0, 0.05) is 12.3 Å². The minimum Gasteiger partial charge on any atom is -0.504 e. The Labute approximate surface area is 150 Å². The third-order valence-corrected chi connectivity index (χ3v) is 4.77. The third kappa shape index (κ3) is 3.37. The molecule has 1 aromatic carbocycles. The van der Waals surface area contributed by atoms with Crippen molar-refractivity contribution in [3.8, 4) is 11.5 Å². The highest BCUT2D eigenvalue weighted by molar-refractivity contribution is 6.02. The number of hydrogen-bond acceptors (Lipinski definition) is 8. The van der Waals surface area contributed by atoms with Crippen molar-refractivity contribution in [2.75, 3.05) is 21.3 Å². The number of phenols is 1. The largest absolute Gasteiger partial charge is 0.504 e. The smallest absolute Gasteiger partial charge is 0.316 e. The second-order valence-electron chi connectivity index (χ2n) is 6.46. The Balaban J connectivity index is 2.69. The molecule has 0 bridgehead atoms. The molecular weight excluding hydrogens is 344 g/mol. The first-order chi connectivity index (χ1) is 12.2.